The summed E-state index contributed by atoms with van der Waals surface area (Å²) in [5, 5.41) is 2.66. The maximum absolute atomic E-state index is 5.60. The van der Waals surface area contributed by atoms with Gasteiger partial charge in [0.15, 0.2) is 0 Å². The smallest absolute Gasteiger partial charge is 0.0389 e. The molecular formula is C13H15NS. The van der Waals surface area contributed by atoms with Crippen LogP contribution < -0.4 is 5.73 Å². The van der Waals surface area contributed by atoms with Gasteiger partial charge in [-0.15, -0.1) is 0 Å². The van der Waals surface area contributed by atoms with Crippen LogP contribution in [-0.4, -0.2) is 6.54 Å². The highest BCUT2D eigenvalue weighted by Gasteiger charge is 2.04. The number of fused-ring (bicyclic) bond motifs is 1. The maximum Gasteiger partial charge on any atom is 0.0389 e. The number of aryl methyl sites for hydroxylation is 1. The SMILES string of the molecule is Cc1ccc2cc(C(S)CN)ccc2c1. The van der Waals surface area contributed by atoms with Crippen LogP contribution in [0.4, 0.5) is 0 Å². The van der Waals surface area contributed by atoms with Crippen LogP contribution in [0.1, 0.15) is 16.4 Å². The Labute approximate surface area is 95.7 Å². The molecule has 0 radical (unpaired) electrons. The van der Waals surface area contributed by atoms with Gasteiger partial charge >= 0.3 is 0 Å². The summed E-state index contributed by atoms with van der Waals surface area (Å²) < 4.78 is 0. The van der Waals surface area contributed by atoms with E-state index in [0.717, 1.165) is 0 Å². The van der Waals surface area contributed by atoms with Gasteiger partial charge in [0.1, 0.15) is 0 Å². The van der Waals surface area contributed by atoms with Crippen molar-refractivity contribution in [3.63, 3.8) is 0 Å². The Morgan fingerprint density at radius 2 is 1.80 bits per heavy atom. The van der Waals surface area contributed by atoms with Crippen LogP contribution >= 0.6 is 12.6 Å². The highest BCUT2D eigenvalue weighted by molar-refractivity contribution is 7.80. The van der Waals surface area contributed by atoms with Crippen molar-refractivity contribution in [2.24, 2.45) is 5.73 Å². The van der Waals surface area contributed by atoms with E-state index in [-0.39, 0.29) is 5.25 Å². The molecule has 2 rings (SSSR count). The largest absolute Gasteiger partial charge is 0.329 e. The van der Waals surface area contributed by atoms with Gasteiger partial charge in [0.2, 0.25) is 0 Å². The zero-order chi connectivity index (χ0) is 10.8. The number of hydrogen-bond acceptors (Lipinski definition) is 2. The minimum Gasteiger partial charge on any atom is -0.329 e. The Morgan fingerprint density at radius 1 is 1.13 bits per heavy atom. The molecule has 0 aliphatic rings. The summed E-state index contributed by atoms with van der Waals surface area (Å²) in [6.07, 6.45) is 0. The second kappa shape index (κ2) is 4.25. The molecule has 0 saturated carbocycles. The second-order valence-corrected chi connectivity index (χ2v) is 4.48. The van der Waals surface area contributed by atoms with Crippen LogP contribution in [0.5, 0.6) is 0 Å². The highest BCUT2D eigenvalue weighted by atomic mass is 32.1. The zero-order valence-electron chi connectivity index (χ0n) is 8.77. The fraction of sp³-hybridized carbons (Fsp3) is 0.231. The fourth-order valence-corrected chi connectivity index (χ4v) is 1.89. The van der Waals surface area contributed by atoms with Crippen molar-refractivity contribution in [1.82, 2.24) is 0 Å². The molecule has 0 fully saturated rings. The van der Waals surface area contributed by atoms with E-state index in [1.165, 1.54) is 21.9 Å². The van der Waals surface area contributed by atoms with Gasteiger partial charge in [0.05, 0.1) is 0 Å². The number of rotatable bonds is 2. The van der Waals surface area contributed by atoms with Crippen molar-refractivity contribution < 1.29 is 0 Å². The molecule has 0 spiro atoms. The lowest BCUT2D eigenvalue weighted by molar-refractivity contribution is 0.951. The third-order valence-electron chi connectivity index (χ3n) is 2.63. The molecule has 2 aromatic carbocycles. The number of benzene rings is 2. The van der Waals surface area contributed by atoms with Crippen molar-refractivity contribution in [1.29, 1.82) is 0 Å². The monoisotopic (exact) mass is 217 g/mol. The molecule has 0 aliphatic carbocycles. The third-order valence-corrected chi connectivity index (χ3v) is 3.14. The molecule has 0 aliphatic heterocycles. The Morgan fingerprint density at radius 3 is 2.53 bits per heavy atom. The normalized spacial score (nSPS) is 13.0. The average molecular weight is 217 g/mol. The van der Waals surface area contributed by atoms with Crippen LogP contribution in [0.15, 0.2) is 36.4 Å². The molecule has 15 heavy (non-hydrogen) atoms. The summed E-state index contributed by atoms with van der Waals surface area (Å²) in [4.78, 5) is 0. The molecule has 0 amide bonds. The van der Waals surface area contributed by atoms with Crippen molar-refractivity contribution >= 4 is 23.4 Å². The second-order valence-electron chi connectivity index (χ2n) is 3.86. The molecule has 0 aromatic heterocycles. The van der Waals surface area contributed by atoms with Crippen LogP contribution in [0.3, 0.4) is 0 Å². The molecule has 1 atom stereocenters. The third kappa shape index (κ3) is 2.16. The summed E-state index contributed by atoms with van der Waals surface area (Å²) in [7, 11) is 0. The van der Waals surface area contributed by atoms with Crippen molar-refractivity contribution in [2.75, 3.05) is 6.54 Å². The number of hydrogen-bond donors (Lipinski definition) is 2. The number of nitrogens with two attached hydrogens (primary N) is 1. The van der Waals surface area contributed by atoms with Gasteiger partial charge in [-0.1, -0.05) is 35.9 Å². The first-order valence-electron chi connectivity index (χ1n) is 5.09. The van der Waals surface area contributed by atoms with E-state index in [2.05, 4.69) is 56.0 Å². The first-order valence-corrected chi connectivity index (χ1v) is 5.61. The van der Waals surface area contributed by atoms with Crippen LogP contribution in [0.2, 0.25) is 0 Å². The van der Waals surface area contributed by atoms with E-state index in [9.17, 15) is 0 Å². The molecule has 1 nitrogen and oxygen atoms in total. The quantitative estimate of drug-likeness (QED) is 0.743. The van der Waals surface area contributed by atoms with Crippen LogP contribution in [-0.2, 0) is 0 Å². The van der Waals surface area contributed by atoms with Gasteiger partial charge in [-0.3, -0.25) is 0 Å². The predicted molar refractivity (Wildman–Crippen MR) is 69.5 cm³/mol. The van der Waals surface area contributed by atoms with E-state index in [0.29, 0.717) is 6.54 Å². The first-order chi connectivity index (χ1) is 7.20. The van der Waals surface area contributed by atoms with Gasteiger partial charge in [0.25, 0.3) is 0 Å². The lowest BCUT2D eigenvalue weighted by atomic mass is 10.0. The zero-order valence-corrected chi connectivity index (χ0v) is 9.67. The van der Waals surface area contributed by atoms with Gasteiger partial charge in [-0.05, 0) is 29.3 Å². The Hall–Kier alpha value is -0.990. The summed E-state index contributed by atoms with van der Waals surface area (Å²) >= 11 is 4.44. The first kappa shape index (κ1) is 10.5. The number of thiol groups is 1. The van der Waals surface area contributed by atoms with Gasteiger partial charge < -0.3 is 5.73 Å². The molecule has 2 N–H and O–H groups in total. The lowest BCUT2D eigenvalue weighted by Crippen LogP contribution is -2.06. The molecule has 78 valence electrons. The topological polar surface area (TPSA) is 26.0 Å². The van der Waals surface area contributed by atoms with Crippen molar-refractivity contribution in [3.8, 4) is 0 Å². The Kier molecular flexibility index (Phi) is 2.98. The van der Waals surface area contributed by atoms with Crippen LogP contribution in [0, 0.1) is 6.92 Å². The molecule has 0 heterocycles. The van der Waals surface area contributed by atoms with E-state index in [4.69, 9.17) is 5.73 Å². The predicted octanol–water partition coefficient (Wildman–Crippen LogP) is 3.08. The molecular weight excluding hydrogens is 202 g/mol. The van der Waals surface area contributed by atoms with Crippen LogP contribution in [0.25, 0.3) is 10.8 Å². The Balaban J connectivity index is 2.52. The van der Waals surface area contributed by atoms with Gasteiger partial charge in [-0.25, -0.2) is 0 Å². The summed E-state index contributed by atoms with van der Waals surface area (Å²) in [6.45, 7) is 2.68. The minimum atomic E-state index is 0.135. The molecule has 2 aromatic rings. The van der Waals surface area contributed by atoms with Crippen molar-refractivity contribution in [3.05, 3.63) is 47.5 Å². The van der Waals surface area contributed by atoms with E-state index in [1.54, 1.807) is 0 Å². The fourth-order valence-electron chi connectivity index (χ4n) is 1.73. The lowest BCUT2D eigenvalue weighted by Gasteiger charge is -2.09. The van der Waals surface area contributed by atoms with E-state index >= 15 is 0 Å². The standard InChI is InChI=1S/C13H15NS/c1-9-2-3-11-7-12(13(15)8-14)5-4-10(11)6-9/h2-7,13,15H,8,14H2,1H3. The van der Waals surface area contributed by atoms with Crippen molar-refractivity contribution in [2.45, 2.75) is 12.2 Å². The van der Waals surface area contributed by atoms with E-state index < -0.39 is 0 Å². The minimum absolute atomic E-state index is 0.135. The summed E-state index contributed by atoms with van der Waals surface area (Å²) in [5.74, 6) is 0. The summed E-state index contributed by atoms with van der Waals surface area (Å²) in [5.41, 5.74) is 8.08. The Bertz CT molecular complexity index is 479. The average Bonchev–Trinajstić information content (AvgIpc) is 2.27. The molecule has 0 bridgehead atoms. The molecule has 0 saturated heterocycles. The molecule has 1 unspecified atom stereocenters. The van der Waals surface area contributed by atoms with E-state index in [1.807, 2.05) is 0 Å². The molecule has 2 heteroatoms. The van der Waals surface area contributed by atoms with Gasteiger partial charge in [0, 0.05) is 11.8 Å². The van der Waals surface area contributed by atoms with Gasteiger partial charge in [-0.2, -0.15) is 12.6 Å². The maximum atomic E-state index is 5.60. The highest BCUT2D eigenvalue weighted by Crippen LogP contribution is 2.24. The summed E-state index contributed by atoms with van der Waals surface area (Å²) in [6, 6.07) is 12.9.